The topological polar surface area (TPSA) is 41.1 Å². The van der Waals surface area contributed by atoms with E-state index >= 15 is 0 Å². The van der Waals surface area contributed by atoms with E-state index in [0.717, 1.165) is 37.1 Å². The zero-order chi connectivity index (χ0) is 13.4. The average Bonchev–Trinajstić information content (AvgIpc) is 3.00. The quantitative estimate of drug-likeness (QED) is 0.821. The van der Waals surface area contributed by atoms with Crippen LogP contribution in [0.25, 0.3) is 0 Å². The lowest BCUT2D eigenvalue weighted by Crippen LogP contribution is -2.47. The van der Waals surface area contributed by atoms with E-state index in [-0.39, 0.29) is 5.92 Å². The highest BCUT2D eigenvalue weighted by Gasteiger charge is 2.42. The number of rotatable bonds is 3. The molecule has 2 saturated carbocycles. The summed E-state index contributed by atoms with van der Waals surface area (Å²) in [6.07, 6.45) is 7.62. The van der Waals surface area contributed by atoms with E-state index in [1.165, 1.54) is 25.7 Å². The predicted molar refractivity (Wildman–Crippen MR) is 76.7 cm³/mol. The van der Waals surface area contributed by atoms with Crippen molar-refractivity contribution in [1.82, 2.24) is 10.6 Å². The van der Waals surface area contributed by atoms with Crippen molar-refractivity contribution < 1.29 is 4.79 Å². The normalized spacial score (nSPS) is 43.2. The Kier molecular flexibility index (Phi) is 3.84. The molecule has 0 aromatic heterocycles. The SMILES string of the molecule is CC1CC(C(=O)NC(C)C2CC3CCC2C3)CCN1. The van der Waals surface area contributed by atoms with Crippen LogP contribution in [0.2, 0.25) is 0 Å². The molecular formula is C16H28N2O. The van der Waals surface area contributed by atoms with Crippen molar-refractivity contribution in [2.45, 2.75) is 64.5 Å². The Bertz CT molecular complexity index is 344. The highest BCUT2D eigenvalue weighted by atomic mass is 16.1. The second kappa shape index (κ2) is 5.43. The summed E-state index contributed by atoms with van der Waals surface area (Å²) in [5.74, 6) is 3.16. The van der Waals surface area contributed by atoms with Gasteiger partial charge < -0.3 is 10.6 Å². The van der Waals surface area contributed by atoms with Crippen LogP contribution in [0, 0.1) is 23.7 Å². The molecule has 0 spiro atoms. The summed E-state index contributed by atoms with van der Waals surface area (Å²) in [5.41, 5.74) is 0. The van der Waals surface area contributed by atoms with Crippen molar-refractivity contribution in [3.05, 3.63) is 0 Å². The third-order valence-electron chi connectivity index (χ3n) is 5.80. The Morgan fingerprint density at radius 1 is 1.21 bits per heavy atom. The van der Waals surface area contributed by atoms with Crippen molar-refractivity contribution in [2.75, 3.05) is 6.54 Å². The maximum Gasteiger partial charge on any atom is 0.223 e. The van der Waals surface area contributed by atoms with E-state index in [0.29, 0.717) is 18.0 Å². The number of nitrogens with one attached hydrogen (secondary N) is 2. The Morgan fingerprint density at radius 3 is 2.68 bits per heavy atom. The molecule has 0 aromatic carbocycles. The van der Waals surface area contributed by atoms with Gasteiger partial charge in [-0.1, -0.05) is 6.42 Å². The number of fused-ring (bicyclic) bond motifs is 2. The molecule has 1 heterocycles. The first-order valence-corrected chi connectivity index (χ1v) is 8.17. The van der Waals surface area contributed by atoms with Gasteiger partial charge in [0.15, 0.2) is 0 Å². The molecule has 2 N–H and O–H groups in total. The zero-order valence-electron chi connectivity index (χ0n) is 12.3. The number of hydrogen-bond donors (Lipinski definition) is 2. The molecule has 108 valence electrons. The van der Waals surface area contributed by atoms with E-state index in [1.54, 1.807) is 0 Å². The van der Waals surface area contributed by atoms with Crippen molar-refractivity contribution in [1.29, 1.82) is 0 Å². The van der Waals surface area contributed by atoms with E-state index in [9.17, 15) is 4.79 Å². The summed E-state index contributed by atoms with van der Waals surface area (Å²) < 4.78 is 0. The van der Waals surface area contributed by atoms with Gasteiger partial charge in [0, 0.05) is 18.0 Å². The van der Waals surface area contributed by atoms with Gasteiger partial charge in [-0.2, -0.15) is 0 Å². The molecule has 3 fully saturated rings. The Balaban J connectivity index is 1.51. The van der Waals surface area contributed by atoms with Gasteiger partial charge in [-0.3, -0.25) is 4.79 Å². The summed E-state index contributed by atoms with van der Waals surface area (Å²) in [5, 5.41) is 6.75. The third-order valence-corrected chi connectivity index (χ3v) is 5.80. The second-order valence-electron chi connectivity index (χ2n) is 7.21. The Labute approximate surface area is 116 Å². The van der Waals surface area contributed by atoms with Gasteiger partial charge in [0.2, 0.25) is 5.91 Å². The maximum absolute atomic E-state index is 12.4. The molecule has 2 bridgehead atoms. The number of hydrogen-bond acceptors (Lipinski definition) is 2. The summed E-state index contributed by atoms with van der Waals surface area (Å²) in [4.78, 5) is 12.4. The molecule has 6 atom stereocenters. The molecule has 0 radical (unpaired) electrons. The summed E-state index contributed by atoms with van der Waals surface area (Å²) in [6.45, 7) is 5.40. The summed E-state index contributed by atoms with van der Waals surface area (Å²) in [7, 11) is 0. The van der Waals surface area contributed by atoms with Gasteiger partial charge in [0.1, 0.15) is 0 Å². The van der Waals surface area contributed by atoms with E-state index in [1.807, 2.05) is 0 Å². The van der Waals surface area contributed by atoms with Crippen molar-refractivity contribution in [2.24, 2.45) is 23.7 Å². The standard InChI is InChI=1S/C16H28N2O/c1-10-7-14(5-6-17-10)16(19)18-11(2)15-9-12-3-4-13(15)8-12/h10-15,17H,3-9H2,1-2H3,(H,18,19). The second-order valence-corrected chi connectivity index (χ2v) is 7.21. The predicted octanol–water partition coefficient (Wildman–Crippen LogP) is 2.32. The molecule has 3 aliphatic rings. The van der Waals surface area contributed by atoms with Crippen molar-refractivity contribution >= 4 is 5.91 Å². The molecule has 6 unspecified atom stereocenters. The van der Waals surface area contributed by atoms with E-state index in [4.69, 9.17) is 0 Å². The van der Waals surface area contributed by atoms with Crippen LogP contribution in [0.4, 0.5) is 0 Å². The minimum Gasteiger partial charge on any atom is -0.353 e. The molecule has 2 aliphatic carbocycles. The highest BCUT2D eigenvalue weighted by Crippen LogP contribution is 2.49. The lowest BCUT2D eigenvalue weighted by molar-refractivity contribution is -0.127. The zero-order valence-corrected chi connectivity index (χ0v) is 12.3. The minimum atomic E-state index is 0.234. The maximum atomic E-state index is 12.4. The van der Waals surface area contributed by atoms with Crippen molar-refractivity contribution in [3.8, 4) is 0 Å². The van der Waals surface area contributed by atoms with Gasteiger partial charge >= 0.3 is 0 Å². The molecular weight excluding hydrogens is 236 g/mol. The summed E-state index contributed by atoms with van der Waals surface area (Å²) in [6, 6.07) is 0.871. The minimum absolute atomic E-state index is 0.234. The number of carbonyl (C=O) groups is 1. The molecule has 1 aliphatic heterocycles. The van der Waals surface area contributed by atoms with Crippen LogP contribution < -0.4 is 10.6 Å². The molecule has 3 nitrogen and oxygen atoms in total. The fourth-order valence-corrected chi connectivity index (χ4v) is 4.73. The van der Waals surface area contributed by atoms with Crippen LogP contribution in [-0.2, 0) is 4.79 Å². The Hall–Kier alpha value is -0.570. The first kappa shape index (κ1) is 13.4. The largest absolute Gasteiger partial charge is 0.353 e. The van der Waals surface area contributed by atoms with Crippen LogP contribution in [0.3, 0.4) is 0 Å². The highest BCUT2D eigenvalue weighted by molar-refractivity contribution is 5.79. The van der Waals surface area contributed by atoms with E-state index in [2.05, 4.69) is 24.5 Å². The molecule has 1 saturated heterocycles. The number of carbonyl (C=O) groups excluding carboxylic acids is 1. The van der Waals surface area contributed by atoms with Crippen LogP contribution >= 0.6 is 0 Å². The fraction of sp³-hybridized carbons (Fsp3) is 0.938. The van der Waals surface area contributed by atoms with Gasteiger partial charge in [-0.15, -0.1) is 0 Å². The third kappa shape index (κ3) is 2.81. The Morgan fingerprint density at radius 2 is 2.05 bits per heavy atom. The lowest BCUT2D eigenvalue weighted by Gasteiger charge is -2.32. The molecule has 1 amide bonds. The fourth-order valence-electron chi connectivity index (χ4n) is 4.73. The lowest BCUT2D eigenvalue weighted by atomic mass is 9.83. The molecule has 3 rings (SSSR count). The smallest absolute Gasteiger partial charge is 0.223 e. The number of amides is 1. The summed E-state index contributed by atoms with van der Waals surface area (Å²) >= 11 is 0. The molecule has 19 heavy (non-hydrogen) atoms. The van der Waals surface area contributed by atoms with Crippen LogP contribution in [0.5, 0.6) is 0 Å². The van der Waals surface area contributed by atoms with Crippen LogP contribution in [0.15, 0.2) is 0 Å². The first-order chi connectivity index (χ1) is 9.13. The number of piperidine rings is 1. The van der Waals surface area contributed by atoms with Crippen LogP contribution in [0.1, 0.15) is 52.4 Å². The van der Waals surface area contributed by atoms with Gasteiger partial charge in [0.05, 0.1) is 0 Å². The van der Waals surface area contributed by atoms with Gasteiger partial charge in [-0.25, -0.2) is 0 Å². The van der Waals surface area contributed by atoms with Crippen molar-refractivity contribution in [3.63, 3.8) is 0 Å². The van der Waals surface area contributed by atoms with Crippen LogP contribution in [-0.4, -0.2) is 24.5 Å². The monoisotopic (exact) mass is 264 g/mol. The average molecular weight is 264 g/mol. The van der Waals surface area contributed by atoms with E-state index < -0.39 is 0 Å². The van der Waals surface area contributed by atoms with Gasteiger partial charge in [0.25, 0.3) is 0 Å². The molecule has 3 heteroatoms. The molecule has 0 aromatic rings. The van der Waals surface area contributed by atoms with Gasteiger partial charge in [-0.05, 0) is 70.3 Å². The first-order valence-electron chi connectivity index (χ1n) is 8.17.